The van der Waals surface area contributed by atoms with Crippen molar-refractivity contribution < 1.29 is 14.3 Å². The number of rotatable bonds is 4. The Hall–Kier alpha value is -2.48. The van der Waals surface area contributed by atoms with Crippen LogP contribution in [0.15, 0.2) is 29.3 Å². The SMILES string of the molecule is Cc1nc(C(=O)N(C)CC2(O)CCCN(c3cnccn3)C2)co1. The highest BCUT2D eigenvalue weighted by Crippen LogP contribution is 2.25. The minimum Gasteiger partial charge on any atom is -0.448 e. The monoisotopic (exact) mass is 331 g/mol. The van der Waals surface area contributed by atoms with Crippen LogP contribution in [-0.2, 0) is 0 Å². The van der Waals surface area contributed by atoms with Crippen molar-refractivity contribution in [3.63, 3.8) is 0 Å². The molecule has 8 heteroatoms. The Morgan fingerprint density at radius 3 is 3.00 bits per heavy atom. The van der Waals surface area contributed by atoms with Gasteiger partial charge >= 0.3 is 0 Å². The van der Waals surface area contributed by atoms with Gasteiger partial charge in [0.05, 0.1) is 18.3 Å². The predicted molar refractivity (Wildman–Crippen MR) is 86.6 cm³/mol. The van der Waals surface area contributed by atoms with Gasteiger partial charge in [0, 0.05) is 39.5 Å². The smallest absolute Gasteiger partial charge is 0.275 e. The summed E-state index contributed by atoms with van der Waals surface area (Å²) in [6.45, 7) is 3.11. The van der Waals surface area contributed by atoms with E-state index >= 15 is 0 Å². The van der Waals surface area contributed by atoms with Gasteiger partial charge in [0.1, 0.15) is 12.1 Å². The maximum Gasteiger partial charge on any atom is 0.275 e. The molecule has 24 heavy (non-hydrogen) atoms. The fourth-order valence-electron chi connectivity index (χ4n) is 3.06. The zero-order valence-electron chi connectivity index (χ0n) is 13.8. The first kappa shape index (κ1) is 16.4. The molecule has 1 saturated heterocycles. The Kier molecular flexibility index (Phi) is 4.48. The molecule has 0 saturated carbocycles. The summed E-state index contributed by atoms with van der Waals surface area (Å²) in [6.07, 6.45) is 7.71. The average Bonchev–Trinajstić information content (AvgIpc) is 3.01. The highest BCUT2D eigenvalue weighted by Gasteiger charge is 2.36. The molecular formula is C16H21N5O3. The first-order valence-corrected chi connectivity index (χ1v) is 7.88. The normalized spacial score (nSPS) is 20.9. The number of carbonyl (C=O) groups excluding carboxylic acids is 1. The van der Waals surface area contributed by atoms with E-state index < -0.39 is 5.60 Å². The van der Waals surface area contributed by atoms with Gasteiger partial charge in [0.2, 0.25) is 0 Å². The topological polar surface area (TPSA) is 95.6 Å². The lowest BCUT2D eigenvalue weighted by Crippen LogP contribution is -2.55. The van der Waals surface area contributed by atoms with Crippen LogP contribution in [0.2, 0.25) is 0 Å². The molecule has 128 valence electrons. The molecule has 0 bridgehead atoms. The van der Waals surface area contributed by atoms with Gasteiger partial charge in [-0.1, -0.05) is 0 Å². The minimum absolute atomic E-state index is 0.217. The summed E-state index contributed by atoms with van der Waals surface area (Å²) in [6, 6.07) is 0. The number of aryl methyl sites for hydroxylation is 1. The molecule has 8 nitrogen and oxygen atoms in total. The maximum absolute atomic E-state index is 12.4. The maximum atomic E-state index is 12.4. The number of oxazole rings is 1. The Balaban J connectivity index is 1.67. The zero-order chi connectivity index (χ0) is 17.2. The molecule has 2 aromatic rings. The molecule has 1 aliphatic rings. The number of anilines is 1. The first-order valence-electron chi connectivity index (χ1n) is 7.88. The van der Waals surface area contributed by atoms with Crippen molar-refractivity contribution in [2.24, 2.45) is 0 Å². The molecule has 1 unspecified atom stereocenters. The molecule has 0 aromatic carbocycles. The van der Waals surface area contributed by atoms with Gasteiger partial charge in [-0.25, -0.2) is 9.97 Å². The Bertz CT molecular complexity index is 705. The summed E-state index contributed by atoms with van der Waals surface area (Å²) >= 11 is 0. The van der Waals surface area contributed by atoms with Crippen LogP contribution in [0.25, 0.3) is 0 Å². The van der Waals surface area contributed by atoms with Gasteiger partial charge in [-0.15, -0.1) is 0 Å². The van der Waals surface area contributed by atoms with Crippen molar-refractivity contribution in [1.29, 1.82) is 0 Å². The molecule has 1 amide bonds. The second-order valence-corrected chi connectivity index (χ2v) is 6.23. The Morgan fingerprint density at radius 1 is 1.50 bits per heavy atom. The van der Waals surface area contributed by atoms with Gasteiger partial charge in [-0.3, -0.25) is 9.78 Å². The van der Waals surface area contributed by atoms with Gasteiger partial charge in [0.25, 0.3) is 5.91 Å². The third-order valence-electron chi connectivity index (χ3n) is 4.15. The van der Waals surface area contributed by atoms with Crippen LogP contribution in [0, 0.1) is 6.92 Å². The standard InChI is InChI=1S/C16H21N5O3/c1-12-19-13(9-24-12)15(22)20(2)10-16(23)4-3-7-21(11-16)14-8-17-5-6-18-14/h5-6,8-9,23H,3-4,7,10-11H2,1-2H3. The highest BCUT2D eigenvalue weighted by molar-refractivity contribution is 5.91. The van der Waals surface area contributed by atoms with Crippen LogP contribution in [-0.4, -0.2) is 63.1 Å². The van der Waals surface area contributed by atoms with Crippen LogP contribution in [0.4, 0.5) is 5.82 Å². The van der Waals surface area contributed by atoms with Crippen molar-refractivity contribution >= 4 is 11.7 Å². The van der Waals surface area contributed by atoms with E-state index in [9.17, 15) is 9.90 Å². The molecule has 1 aliphatic heterocycles. The largest absolute Gasteiger partial charge is 0.448 e. The van der Waals surface area contributed by atoms with Crippen LogP contribution >= 0.6 is 0 Å². The van der Waals surface area contributed by atoms with Crippen LogP contribution in [0.5, 0.6) is 0 Å². The highest BCUT2D eigenvalue weighted by atomic mass is 16.3. The van der Waals surface area contributed by atoms with E-state index in [-0.39, 0.29) is 18.1 Å². The van der Waals surface area contributed by atoms with Gasteiger partial charge < -0.3 is 19.3 Å². The van der Waals surface area contributed by atoms with E-state index in [2.05, 4.69) is 15.0 Å². The number of likely N-dealkylation sites (N-methyl/N-ethyl adjacent to an activating group) is 1. The fourth-order valence-corrected chi connectivity index (χ4v) is 3.06. The summed E-state index contributed by atoms with van der Waals surface area (Å²) in [4.78, 5) is 28.3. The van der Waals surface area contributed by atoms with Crippen LogP contribution in [0.3, 0.4) is 0 Å². The van der Waals surface area contributed by atoms with Crippen molar-refractivity contribution in [3.05, 3.63) is 36.4 Å². The molecule has 3 heterocycles. The molecule has 1 atom stereocenters. The third kappa shape index (κ3) is 3.53. The third-order valence-corrected chi connectivity index (χ3v) is 4.15. The number of piperidine rings is 1. The Morgan fingerprint density at radius 2 is 2.33 bits per heavy atom. The van der Waals surface area contributed by atoms with Gasteiger partial charge in [0.15, 0.2) is 11.6 Å². The van der Waals surface area contributed by atoms with Gasteiger partial charge in [-0.05, 0) is 12.8 Å². The molecule has 2 aromatic heterocycles. The summed E-state index contributed by atoms with van der Waals surface area (Å²) in [7, 11) is 1.66. The second-order valence-electron chi connectivity index (χ2n) is 6.23. The Labute approximate surface area is 140 Å². The van der Waals surface area contributed by atoms with E-state index in [0.29, 0.717) is 18.9 Å². The number of amides is 1. The molecule has 0 aliphatic carbocycles. The molecule has 3 rings (SSSR count). The van der Waals surface area contributed by atoms with E-state index in [1.54, 1.807) is 32.6 Å². The van der Waals surface area contributed by atoms with Crippen molar-refractivity contribution in [2.45, 2.75) is 25.4 Å². The number of hydrogen-bond acceptors (Lipinski definition) is 7. The molecule has 0 spiro atoms. The summed E-state index contributed by atoms with van der Waals surface area (Å²) in [5.41, 5.74) is -0.751. The predicted octanol–water partition coefficient (Wildman–Crippen LogP) is 0.877. The van der Waals surface area contributed by atoms with Crippen molar-refractivity contribution in [2.75, 3.05) is 31.6 Å². The first-order chi connectivity index (χ1) is 11.5. The van der Waals surface area contributed by atoms with E-state index in [0.717, 1.165) is 18.8 Å². The zero-order valence-corrected chi connectivity index (χ0v) is 13.8. The number of carbonyl (C=O) groups is 1. The number of aromatic nitrogens is 3. The summed E-state index contributed by atoms with van der Waals surface area (Å²) in [5, 5.41) is 10.9. The average molecular weight is 331 g/mol. The van der Waals surface area contributed by atoms with Crippen molar-refractivity contribution in [3.8, 4) is 0 Å². The van der Waals surface area contributed by atoms with Crippen LogP contribution < -0.4 is 4.90 Å². The quantitative estimate of drug-likeness (QED) is 0.888. The number of hydrogen-bond donors (Lipinski definition) is 1. The lowest BCUT2D eigenvalue weighted by atomic mass is 9.92. The van der Waals surface area contributed by atoms with Crippen LogP contribution in [0.1, 0.15) is 29.2 Å². The van der Waals surface area contributed by atoms with E-state index in [4.69, 9.17) is 4.42 Å². The molecule has 1 fully saturated rings. The van der Waals surface area contributed by atoms with Crippen molar-refractivity contribution in [1.82, 2.24) is 19.9 Å². The molecular weight excluding hydrogens is 310 g/mol. The number of aliphatic hydroxyl groups is 1. The second kappa shape index (κ2) is 6.56. The number of nitrogens with zero attached hydrogens (tertiary/aromatic N) is 5. The lowest BCUT2D eigenvalue weighted by molar-refractivity contribution is -0.000294. The fraction of sp³-hybridized carbons (Fsp3) is 0.500. The molecule has 0 radical (unpaired) electrons. The van der Waals surface area contributed by atoms with Gasteiger partial charge in [-0.2, -0.15) is 0 Å². The minimum atomic E-state index is -1.00. The summed E-state index contributed by atoms with van der Waals surface area (Å²) in [5.74, 6) is 0.908. The van der Waals surface area contributed by atoms with E-state index in [1.165, 1.54) is 11.2 Å². The summed E-state index contributed by atoms with van der Waals surface area (Å²) < 4.78 is 5.08. The molecule has 1 N–H and O–H groups in total. The number of β-amino-alcohol motifs (C(OH)–C–C–N with tert-alkyl or cyclic N) is 1. The lowest BCUT2D eigenvalue weighted by Gasteiger charge is -2.41. The van der Waals surface area contributed by atoms with E-state index in [1.807, 2.05) is 4.90 Å².